The van der Waals surface area contributed by atoms with Gasteiger partial charge < -0.3 is 14.2 Å². The molecule has 5 nitrogen and oxygen atoms in total. The van der Waals surface area contributed by atoms with E-state index in [0.717, 1.165) is 34.1 Å². The van der Waals surface area contributed by atoms with Gasteiger partial charge in [0.2, 0.25) is 5.91 Å². The first-order chi connectivity index (χ1) is 15.4. The normalized spacial score (nSPS) is 15.4. The molecule has 2 aromatic carbocycles. The molecular formula is C25H26ClFN2O3. The van der Waals surface area contributed by atoms with Crippen molar-refractivity contribution in [3.05, 3.63) is 70.1 Å². The fourth-order valence-electron chi connectivity index (χ4n) is 4.60. The average molecular weight is 457 g/mol. The van der Waals surface area contributed by atoms with Gasteiger partial charge in [-0.15, -0.1) is 0 Å². The quantitative estimate of drug-likeness (QED) is 0.511. The number of halogens is 2. The maximum absolute atomic E-state index is 14.1. The Morgan fingerprint density at radius 1 is 1.25 bits per heavy atom. The van der Waals surface area contributed by atoms with Crippen LogP contribution >= 0.6 is 11.6 Å². The van der Waals surface area contributed by atoms with Crippen molar-refractivity contribution in [1.82, 2.24) is 9.47 Å². The van der Waals surface area contributed by atoms with E-state index in [1.54, 1.807) is 30.0 Å². The fraction of sp³-hybridized carbons (Fsp3) is 0.360. The van der Waals surface area contributed by atoms with Gasteiger partial charge in [0.05, 0.1) is 13.0 Å². The third-order valence-electron chi connectivity index (χ3n) is 6.18. The van der Waals surface area contributed by atoms with E-state index in [1.807, 2.05) is 23.7 Å². The van der Waals surface area contributed by atoms with Crippen LogP contribution in [0.3, 0.4) is 0 Å². The Morgan fingerprint density at radius 2 is 2.06 bits per heavy atom. The Hall–Kier alpha value is -2.86. The molecule has 0 bridgehead atoms. The first-order valence-electron chi connectivity index (χ1n) is 10.8. The Labute approximate surface area is 191 Å². The van der Waals surface area contributed by atoms with E-state index >= 15 is 0 Å². The van der Waals surface area contributed by atoms with Gasteiger partial charge in [-0.3, -0.25) is 9.59 Å². The maximum atomic E-state index is 14.1. The molecule has 0 N–H and O–H groups in total. The molecular weight excluding hydrogens is 431 g/mol. The number of rotatable bonds is 6. The third kappa shape index (κ3) is 4.51. The molecule has 7 heteroatoms. The summed E-state index contributed by atoms with van der Waals surface area (Å²) >= 11 is 6.05. The summed E-state index contributed by atoms with van der Waals surface area (Å²) in [5.74, 6) is -0.615. The Balaban J connectivity index is 1.60. The average Bonchev–Trinajstić information content (AvgIpc) is 3.05. The predicted molar refractivity (Wildman–Crippen MR) is 122 cm³/mol. The summed E-state index contributed by atoms with van der Waals surface area (Å²) in [7, 11) is 1.82. The molecule has 1 aliphatic carbocycles. The van der Waals surface area contributed by atoms with Crippen molar-refractivity contribution in [2.24, 2.45) is 0 Å². The monoisotopic (exact) mass is 456 g/mol. The number of likely N-dealkylation sites (N-methyl/N-ethyl adjacent to an activating group) is 1. The fourth-order valence-corrected chi connectivity index (χ4v) is 4.81. The largest absolute Gasteiger partial charge is 0.465 e. The molecule has 0 aliphatic heterocycles. The van der Waals surface area contributed by atoms with Gasteiger partial charge in [0.25, 0.3) is 0 Å². The number of amides is 1. The van der Waals surface area contributed by atoms with Crippen LogP contribution < -0.4 is 0 Å². The van der Waals surface area contributed by atoms with Gasteiger partial charge in [0.1, 0.15) is 12.4 Å². The molecule has 32 heavy (non-hydrogen) atoms. The van der Waals surface area contributed by atoms with Crippen LogP contribution in [0.1, 0.15) is 30.2 Å². The minimum absolute atomic E-state index is 0.000838. The number of benzene rings is 2. The smallest absolute Gasteiger partial charge is 0.325 e. The van der Waals surface area contributed by atoms with Crippen molar-refractivity contribution >= 4 is 34.4 Å². The Bertz CT molecular complexity index is 1170. The zero-order chi connectivity index (χ0) is 22.8. The minimum Gasteiger partial charge on any atom is -0.465 e. The van der Waals surface area contributed by atoms with Crippen LogP contribution in [0.5, 0.6) is 0 Å². The standard InChI is InChI=1S/C25H26ClFN2O3/c1-3-32-25(31)15-29-22-9-7-18(27)13-20(22)21-14-19(8-10-23(21)29)28(2)24(30)12-16-5-4-6-17(26)11-16/h4-7,9,11,13,19H,3,8,10,12,14-15H2,1-2H3/t19-/m0/s1. The van der Waals surface area contributed by atoms with E-state index in [9.17, 15) is 14.0 Å². The van der Waals surface area contributed by atoms with E-state index in [-0.39, 0.29) is 36.7 Å². The van der Waals surface area contributed by atoms with Gasteiger partial charge >= 0.3 is 5.97 Å². The lowest BCUT2D eigenvalue weighted by Crippen LogP contribution is -2.41. The molecule has 0 saturated carbocycles. The van der Waals surface area contributed by atoms with Gasteiger partial charge in [-0.05, 0) is 67.6 Å². The highest BCUT2D eigenvalue weighted by Crippen LogP contribution is 2.34. The zero-order valence-corrected chi connectivity index (χ0v) is 19.0. The topological polar surface area (TPSA) is 51.5 Å². The summed E-state index contributed by atoms with van der Waals surface area (Å²) in [4.78, 5) is 26.9. The van der Waals surface area contributed by atoms with Gasteiger partial charge in [-0.2, -0.15) is 0 Å². The summed E-state index contributed by atoms with van der Waals surface area (Å²) in [6.07, 6.45) is 2.36. The number of fused-ring (bicyclic) bond motifs is 3. The predicted octanol–water partition coefficient (Wildman–Crippen LogP) is 4.56. The van der Waals surface area contributed by atoms with E-state index in [4.69, 9.17) is 16.3 Å². The molecule has 0 unspecified atom stereocenters. The molecule has 1 heterocycles. The Morgan fingerprint density at radius 3 is 2.81 bits per heavy atom. The van der Waals surface area contributed by atoms with Crippen LogP contribution in [-0.2, 0) is 40.1 Å². The summed E-state index contributed by atoms with van der Waals surface area (Å²) in [6, 6.07) is 12.0. The second-order valence-electron chi connectivity index (χ2n) is 8.19. The summed E-state index contributed by atoms with van der Waals surface area (Å²) in [5, 5.41) is 1.40. The zero-order valence-electron chi connectivity index (χ0n) is 18.2. The molecule has 1 atom stereocenters. The highest BCUT2D eigenvalue weighted by Gasteiger charge is 2.30. The van der Waals surface area contributed by atoms with E-state index in [1.165, 1.54) is 12.1 Å². The van der Waals surface area contributed by atoms with Gasteiger partial charge in [0, 0.05) is 34.7 Å². The van der Waals surface area contributed by atoms with Gasteiger partial charge in [-0.25, -0.2) is 4.39 Å². The highest BCUT2D eigenvalue weighted by molar-refractivity contribution is 6.30. The lowest BCUT2D eigenvalue weighted by Gasteiger charge is -2.32. The lowest BCUT2D eigenvalue weighted by molar-refractivity contribution is -0.143. The number of carbonyl (C=O) groups is 2. The third-order valence-corrected chi connectivity index (χ3v) is 6.42. The van der Waals surface area contributed by atoms with Gasteiger partial charge in [0.15, 0.2) is 0 Å². The van der Waals surface area contributed by atoms with Crippen LogP contribution in [0.15, 0.2) is 42.5 Å². The SMILES string of the molecule is CCOC(=O)Cn1c2c(c3cc(F)ccc31)C[C@@H](N(C)C(=O)Cc1cccc(Cl)c1)CC2. The van der Waals surface area contributed by atoms with Crippen molar-refractivity contribution in [2.45, 2.75) is 45.2 Å². The number of esters is 1. The van der Waals surface area contributed by atoms with Crippen LogP contribution in [0.2, 0.25) is 5.02 Å². The second kappa shape index (κ2) is 9.33. The second-order valence-corrected chi connectivity index (χ2v) is 8.62. The molecule has 1 aliphatic rings. The van der Waals surface area contributed by atoms with E-state index in [0.29, 0.717) is 24.5 Å². The molecule has 1 amide bonds. The molecule has 3 aromatic rings. The lowest BCUT2D eigenvalue weighted by atomic mass is 9.90. The molecule has 0 saturated heterocycles. The molecule has 4 rings (SSSR count). The van der Waals surface area contributed by atoms with Crippen LogP contribution in [-0.4, -0.2) is 41.0 Å². The number of nitrogens with zero attached hydrogens (tertiary/aromatic N) is 2. The minimum atomic E-state index is -0.318. The van der Waals surface area contributed by atoms with Crippen molar-refractivity contribution in [3.63, 3.8) is 0 Å². The van der Waals surface area contributed by atoms with Crippen molar-refractivity contribution in [2.75, 3.05) is 13.7 Å². The van der Waals surface area contributed by atoms with Crippen molar-refractivity contribution in [1.29, 1.82) is 0 Å². The van der Waals surface area contributed by atoms with Crippen LogP contribution in [0.25, 0.3) is 10.9 Å². The molecule has 168 valence electrons. The number of hydrogen-bond donors (Lipinski definition) is 0. The van der Waals surface area contributed by atoms with Crippen molar-refractivity contribution < 1.29 is 18.7 Å². The number of carbonyl (C=O) groups excluding carboxylic acids is 2. The van der Waals surface area contributed by atoms with Crippen LogP contribution in [0, 0.1) is 5.82 Å². The summed E-state index contributed by atoms with van der Waals surface area (Å²) < 4.78 is 21.2. The van der Waals surface area contributed by atoms with Gasteiger partial charge in [-0.1, -0.05) is 23.7 Å². The summed E-state index contributed by atoms with van der Waals surface area (Å²) in [5.41, 5.74) is 3.71. The number of hydrogen-bond acceptors (Lipinski definition) is 3. The maximum Gasteiger partial charge on any atom is 0.325 e. The number of ether oxygens (including phenoxy) is 1. The van der Waals surface area contributed by atoms with E-state index < -0.39 is 0 Å². The molecule has 0 radical (unpaired) electrons. The molecule has 0 spiro atoms. The summed E-state index contributed by atoms with van der Waals surface area (Å²) in [6.45, 7) is 2.19. The molecule has 1 aromatic heterocycles. The highest BCUT2D eigenvalue weighted by atomic mass is 35.5. The first kappa shape index (κ1) is 22.3. The van der Waals surface area contributed by atoms with E-state index in [2.05, 4.69) is 0 Å². The van der Waals surface area contributed by atoms with Crippen molar-refractivity contribution in [3.8, 4) is 0 Å². The number of aromatic nitrogens is 1. The Kier molecular flexibility index (Phi) is 6.51. The van der Waals surface area contributed by atoms with Crippen LogP contribution in [0.4, 0.5) is 4.39 Å². The molecule has 0 fully saturated rings. The first-order valence-corrected chi connectivity index (χ1v) is 11.2.